The van der Waals surface area contributed by atoms with Crippen LogP contribution in [-0.2, 0) is 14.2 Å². The molecular weight excluding hydrogens is 182 g/mol. The molecule has 0 amide bonds. The Bertz CT molecular complexity index is 190. The molecule has 2 heterocycles. The van der Waals surface area contributed by atoms with Crippen LogP contribution in [0.5, 0.6) is 0 Å². The van der Waals surface area contributed by atoms with E-state index >= 15 is 0 Å². The summed E-state index contributed by atoms with van der Waals surface area (Å²) in [6, 6.07) is 0. The molecule has 0 bridgehead atoms. The summed E-state index contributed by atoms with van der Waals surface area (Å²) >= 11 is 0. The van der Waals surface area contributed by atoms with E-state index in [1.54, 1.807) is 0 Å². The van der Waals surface area contributed by atoms with Gasteiger partial charge in [0.05, 0.1) is 6.10 Å². The standard InChI is InChI=1S/C10H19NO3/c1-10(2)12-7-9(14-10)13-8-3-5-11-6-4-8/h8-9,11H,3-7H2,1-2H3. The van der Waals surface area contributed by atoms with Gasteiger partial charge in [-0.1, -0.05) is 0 Å². The Labute approximate surface area is 84.9 Å². The van der Waals surface area contributed by atoms with E-state index in [4.69, 9.17) is 14.2 Å². The highest BCUT2D eigenvalue weighted by Crippen LogP contribution is 2.24. The molecule has 4 nitrogen and oxygen atoms in total. The molecule has 2 rings (SSSR count). The molecule has 2 aliphatic heterocycles. The highest BCUT2D eigenvalue weighted by molar-refractivity contribution is 4.71. The quantitative estimate of drug-likeness (QED) is 0.719. The van der Waals surface area contributed by atoms with E-state index in [1.165, 1.54) is 0 Å². The lowest BCUT2D eigenvalue weighted by Crippen LogP contribution is -2.35. The molecule has 0 spiro atoms. The van der Waals surface area contributed by atoms with Crippen molar-refractivity contribution in [3.05, 3.63) is 0 Å². The Morgan fingerprint density at radius 3 is 2.57 bits per heavy atom. The molecule has 0 aromatic carbocycles. The maximum absolute atomic E-state index is 5.80. The summed E-state index contributed by atoms with van der Waals surface area (Å²) in [4.78, 5) is 0. The molecule has 0 aromatic heterocycles. The predicted octanol–water partition coefficient (Wildman–Crippen LogP) is 0.864. The van der Waals surface area contributed by atoms with Crippen LogP contribution in [0.15, 0.2) is 0 Å². The summed E-state index contributed by atoms with van der Waals surface area (Å²) in [5, 5.41) is 3.30. The maximum atomic E-state index is 5.80. The van der Waals surface area contributed by atoms with Gasteiger partial charge in [-0.3, -0.25) is 0 Å². The summed E-state index contributed by atoms with van der Waals surface area (Å²) in [6.07, 6.45) is 2.30. The van der Waals surface area contributed by atoms with Crippen LogP contribution in [0.2, 0.25) is 0 Å². The van der Waals surface area contributed by atoms with Crippen LogP contribution in [0.1, 0.15) is 26.7 Å². The van der Waals surface area contributed by atoms with Crippen molar-refractivity contribution >= 4 is 0 Å². The van der Waals surface area contributed by atoms with E-state index in [0.29, 0.717) is 12.7 Å². The molecule has 2 aliphatic rings. The van der Waals surface area contributed by atoms with Gasteiger partial charge in [-0.25, -0.2) is 0 Å². The average molecular weight is 201 g/mol. The molecule has 1 atom stereocenters. The van der Waals surface area contributed by atoms with Gasteiger partial charge < -0.3 is 19.5 Å². The molecule has 0 radical (unpaired) electrons. The van der Waals surface area contributed by atoms with Gasteiger partial charge in [-0.15, -0.1) is 0 Å². The summed E-state index contributed by atoms with van der Waals surface area (Å²) in [5.41, 5.74) is 0. The number of nitrogens with one attached hydrogen (secondary N) is 1. The minimum Gasteiger partial charge on any atom is -0.347 e. The van der Waals surface area contributed by atoms with Crippen molar-refractivity contribution in [1.29, 1.82) is 0 Å². The molecule has 0 aliphatic carbocycles. The fraction of sp³-hybridized carbons (Fsp3) is 1.00. The van der Waals surface area contributed by atoms with Crippen LogP contribution in [0.3, 0.4) is 0 Å². The van der Waals surface area contributed by atoms with Crippen LogP contribution in [-0.4, -0.2) is 37.9 Å². The topological polar surface area (TPSA) is 39.7 Å². The predicted molar refractivity (Wildman–Crippen MR) is 51.9 cm³/mol. The molecule has 0 saturated carbocycles. The van der Waals surface area contributed by atoms with E-state index in [1.807, 2.05) is 13.8 Å². The fourth-order valence-corrected chi connectivity index (χ4v) is 1.87. The second-order valence-electron chi connectivity index (χ2n) is 4.34. The highest BCUT2D eigenvalue weighted by atomic mass is 16.8. The van der Waals surface area contributed by atoms with Gasteiger partial charge in [0, 0.05) is 0 Å². The van der Waals surface area contributed by atoms with E-state index in [0.717, 1.165) is 25.9 Å². The minimum atomic E-state index is -0.475. The SMILES string of the molecule is CC1(C)OCC(OC2CCNCC2)O1. The highest BCUT2D eigenvalue weighted by Gasteiger charge is 2.34. The molecule has 14 heavy (non-hydrogen) atoms. The van der Waals surface area contributed by atoms with Crippen LogP contribution in [0.4, 0.5) is 0 Å². The van der Waals surface area contributed by atoms with Gasteiger partial charge in [-0.2, -0.15) is 0 Å². The molecule has 2 fully saturated rings. The number of hydrogen-bond acceptors (Lipinski definition) is 4. The molecule has 0 aromatic rings. The Morgan fingerprint density at radius 2 is 2.00 bits per heavy atom. The first kappa shape index (κ1) is 10.4. The summed E-state index contributed by atoms with van der Waals surface area (Å²) < 4.78 is 16.8. The van der Waals surface area contributed by atoms with E-state index in [-0.39, 0.29) is 6.29 Å². The molecule has 2 saturated heterocycles. The van der Waals surface area contributed by atoms with Gasteiger partial charge >= 0.3 is 0 Å². The smallest absolute Gasteiger partial charge is 0.184 e. The molecular formula is C10H19NO3. The zero-order chi connectivity index (χ0) is 10.0. The second kappa shape index (κ2) is 4.14. The second-order valence-corrected chi connectivity index (χ2v) is 4.34. The fourth-order valence-electron chi connectivity index (χ4n) is 1.87. The minimum absolute atomic E-state index is 0.173. The molecule has 82 valence electrons. The largest absolute Gasteiger partial charge is 0.347 e. The molecule has 4 heteroatoms. The van der Waals surface area contributed by atoms with Gasteiger partial charge in [-0.05, 0) is 39.8 Å². The third-order valence-corrected chi connectivity index (χ3v) is 2.61. The van der Waals surface area contributed by atoms with E-state index < -0.39 is 5.79 Å². The zero-order valence-corrected chi connectivity index (χ0v) is 8.91. The summed E-state index contributed by atoms with van der Waals surface area (Å²) in [7, 11) is 0. The van der Waals surface area contributed by atoms with E-state index in [2.05, 4.69) is 5.32 Å². The first-order chi connectivity index (χ1) is 6.66. The van der Waals surface area contributed by atoms with Crippen LogP contribution >= 0.6 is 0 Å². The normalized spacial score (nSPS) is 33.4. The number of ether oxygens (including phenoxy) is 3. The first-order valence-corrected chi connectivity index (χ1v) is 5.34. The third-order valence-electron chi connectivity index (χ3n) is 2.61. The van der Waals surface area contributed by atoms with Crippen LogP contribution in [0.25, 0.3) is 0 Å². The van der Waals surface area contributed by atoms with Crippen molar-refractivity contribution in [2.45, 2.75) is 44.9 Å². The van der Waals surface area contributed by atoms with Crippen LogP contribution < -0.4 is 5.32 Å². The van der Waals surface area contributed by atoms with Gasteiger partial charge in [0.15, 0.2) is 12.1 Å². The van der Waals surface area contributed by atoms with Crippen molar-refractivity contribution in [2.24, 2.45) is 0 Å². The van der Waals surface area contributed by atoms with Crippen molar-refractivity contribution in [3.8, 4) is 0 Å². The maximum Gasteiger partial charge on any atom is 0.184 e. The van der Waals surface area contributed by atoms with Crippen molar-refractivity contribution in [2.75, 3.05) is 19.7 Å². The lowest BCUT2D eigenvalue weighted by molar-refractivity contribution is -0.206. The van der Waals surface area contributed by atoms with E-state index in [9.17, 15) is 0 Å². The van der Waals surface area contributed by atoms with Crippen molar-refractivity contribution in [1.82, 2.24) is 5.32 Å². The Morgan fingerprint density at radius 1 is 1.29 bits per heavy atom. The summed E-state index contributed by atoms with van der Waals surface area (Å²) in [5.74, 6) is -0.475. The monoisotopic (exact) mass is 201 g/mol. The van der Waals surface area contributed by atoms with Gasteiger partial charge in [0.2, 0.25) is 0 Å². The number of rotatable bonds is 2. The Hall–Kier alpha value is -0.160. The van der Waals surface area contributed by atoms with Gasteiger partial charge in [0.25, 0.3) is 0 Å². The van der Waals surface area contributed by atoms with Gasteiger partial charge in [0.1, 0.15) is 6.61 Å². The van der Waals surface area contributed by atoms with Crippen LogP contribution in [0, 0.1) is 0 Å². The number of hydrogen-bond donors (Lipinski definition) is 1. The zero-order valence-electron chi connectivity index (χ0n) is 8.91. The Kier molecular flexibility index (Phi) is 3.07. The molecule has 1 N–H and O–H groups in total. The third kappa shape index (κ3) is 2.67. The first-order valence-electron chi connectivity index (χ1n) is 5.34. The van der Waals surface area contributed by atoms with Crippen molar-refractivity contribution < 1.29 is 14.2 Å². The lowest BCUT2D eigenvalue weighted by atomic mass is 10.1. The van der Waals surface area contributed by atoms with Crippen molar-refractivity contribution in [3.63, 3.8) is 0 Å². The summed E-state index contributed by atoms with van der Waals surface area (Å²) in [6.45, 7) is 6.47. The number of piperidine rings is 1. The Balaban J connectivity index is 1.75. The molecule has 1 unspecified atom stereocenters. The lowest BCUT2D eigenvalue weighted by Gasteiger charge is -2.25. The average Bonchev–Trinajstić information content (AvgIpc) is 2.47.